The molecular weight excluding hydrogens is 312 g/mol. The summed E-state index contributed by atoms with van der Waals surface area (Å²) in [5.41, 5.74) is 3.13. The molecule has 2 aliphatic rings. The number of aromatic nitrogens is 1. The second kappa shape index (κ2) is 5.99. The Hall–Kier alpha value is -2.69. The van der Waals surface area contributed by atoms with Crippen molar-refractivity contribution in [1.82, 2.24) is 4.98 Å². The molecule has 0 bridgehead atoms. The molecule has 128 valence electrons. The molecule has 0 saturated heterocycles. The Labute approximate surface area is 147 Å². The third-order valence-electron chi connectivity index (χ3n) is 5.56. The Kier molecular flexibility index (Phi) is 3.79. The zero-order valence-corrected chi connectivity index (χ0v) is 14.6. The molecule has 2 aromatic rings. The number of hydrogen-bond acceptors (Lipinski definition) is 4. The van der Waals surface area contributed by atoms with Crippen LogP contribution in [0.1, 0.15) is 32.3 Å². The van der Waals surface area contributed by atoms with E-state index in [4.69, 9.17) is 4.99 Å². The van der Waals surface area contributed by atoms with Crippen LogP contribution in [-0.4, -0.2) is 34.4 Å². The normalized spacial score (nSPS) is 18.5. The minimum Gasteiger partial charge on any atom is -0.618 e. The Balaban J connectivity index is 1.94. The van der Waals surface area contributed by atoms with Crippen molar-refractivity contribution >= 4 is 22.9 Å². The number of aliphatic imine (C=N–C) groups is 1. The zero-order valence-electron chi connectivity index (χ0n) is 14.6. The smallest absolute Gasteiger partial charge is 0.267 e. The molecule has 0 saturated carbocycles. The Morgan fingerprint density at radius 3 is 2.64 bits per heavy atom. The van der Waals surface area contributed by atoms with Gasteiger partial charge >= 0.3 is 0 Å². The van der Waals surface area contributed by atoms with E-state index in [0.29, 0.717) is 11.4 Å². The fourth-order valence-corrected chi connectivity index (χ4v) is 3.70. The second-order valence-electron chi connectivity index (χ2n) is 6.81. The molecule has 5 nitrogen and oxygen atoms in total. The van der Waals surface area contributed by atoms with Crippen molar-refractivity contribution in [1.29, 1.82) is 0 Å². The topological polar surface area (TPSA) is 54.6 Å². The molecule has 1 aromatic carbocycles. The van der Waals surface area contributed by atoms with E-state index in [-0.39, 0.29) is 5.41 Å². The molecule has 0 N–H and O–H groups in total. The fourth-order valence-electron chi connectivity index (χ4n) is 3.70. The molecule has 0 amide bonds. The summed E-state index contributed by atoms with van der Waals surface area (Å²) >= 11 is 0. The highest BCUT2D eigenvalue weighted by atomic mass is 16.5. The number of anilines is 1. The summed E-state index contributed by atoms with van der Waals surface area (Å²) in [5.74, 6) is 0.775. The van der Waals surface area contributed by atoms with Crippen LogP contribution in [0.3, 0.4) is 0 Å². The quantitative estimate of drug-likeness (QED) is 0.634. The van der Waals surface area contributed by atoms with E-state index >= 15 is 0 Å². The minimum atomic E-state index is 0.150. The van der Waals surface area contributed by atoms with Gasteiger partial charge in [-0.2, -0.15) is 4.74 Å². The average Bonchev–Trinajstić information content (AvgIpc) is 2.69. The predicted octanol–water partition coefficient (Wildman–Crippen LogP) is 3.75. The van der Waals surface area contributed by atoms with E-state index in [1.54, 1.807) is 12.4 Å². The highest BCUT2D eigenvalue weighted by Gasteiger charge is 2.43. The van der Waals surface area contributed by atoms with Gasteiger partial charge in [0.1, 0.15) is 11.9 Å². The summed E-state index contributed by atoms with van der Waals surface area (Å²) in [6.07, 6.45) is 5.53. The fraction of sp³-hybridized carbons (Fsp3) is 0.350. The molecule has 0 atom stereocenters. The third kappa shape index (κ3) is 2.42. The molecule has 0 unspecified atom stereocenters. The number of amidine groups is 1. The van der Waals surface area contributed by atoms with Gasteiger partial charge in [0.2, 0.25) is 5.84 Å². The van der Waals surface area contributed by atoms with Gasteiger partial charge in [-0.3, -0.25) is 9.98 Å². The maximum absolute atomic E-state index is 13.1. The summed E-state index contributed by atoms with van der Waals surface area (Å²) in [5, 5.41) is 13.1. The van der Waals surface area contributed by atoms with Gasteiger partial charge in [-0.25, -0.2) is 0 Å². The maximum atomic E-state index is 13.1. The average molecular weight is 334 g/mol. The van der Waals surface area contributed by atoms with Crippen LogP contribution < -0.4 is 4.90 Å². The van der Waals surface area contributed by atoms with Crippen LogP contribution in [-0.2, 0) is 0 Å². The van der Waals surface area contributed by atoms with Crippen LogP contribution in [0.5, 0.6) is 0 Å². The number of benzene rings is 1. The number of fused-ring (bicyclic) bond motifs is 3. The van der Waals surface area contributed by atoms with Gasteiger partial charge in [0.05, 0.1) is 5.56 Å². The van der Waals surface area contributed by atoms with Gasteiger partial charge in [-0.1, -0.05) is 32.0 Å². The number of hydrogen-bond donors (Lipinski definition) is 0. The SMILES string of the molecule is CCC1(CC)CN=C2C(c3ccccc3)=[N+]([O-])c3cnccc3N2C1. The van der Waals surface area contributed by atoms with Gasteiger partial charge in [-0.15, -0.1) is 0 Å². The number of nitrogens with zero attached hydrogens (tertiary/aromatic N) is 4. The van der Waals surface area contributed by atoms with Crippen LogP contribution in [0.15, 0.2) is 53.8 Å². The van der Waals surface area contributed by atoms with E-state index in [2.05, 4.69) is 23.7 Å². The van der Waals surface area contributed by atoms with Crippen molar-refractivity contribution < 1.29 is 4.74 Å². The number of pyridine rings is 1. The standard InChI is InChI=1S/C20H22N4O/c1-3-20(4-2)13-22-19-18(15-8-6-5-7-9-15)24(25)17-12-21-11-10-16(17)23(19)14-20/h5-12H,3-4,13-14H2,1-2H3. The minimum absolute atomic E-state index is 0.150. The van der Waals surface area contributed by atoms with Crippen LogP contribution in [0.2, 0.25) is 0 Å². The van der Waals surface area contributed by atoms with Crippen molar-refractivity contribution in [3.05, 3.63) is 59.6 Å². The van der Waals surface area contributed by atoms with E-state index in [1.165, 1.54) is 0 Å². The first-order chi connectivity index (χ1) is 12.2. The molecule has 0 fully saturated rings. The van der Waals surface area contributed by atoms with E-state index in [0.717, 1.165) is 47.8 Å². The van der Waals surface area contributed by atoms with Crippen molar-refractivity contribution in [2.45, 2.75) is 26.7 Å². The lowest BCUT2D eigenvalue weighted by atomic mass is 9.80. The lowest BCUT2D eigenvalue weighted by molar-refractivity contribution is -0.358. The van der Waals surface area contributed by atoms with Gasteiger partial charge in [0, 0.05) is 24.7 Å². The van der Waals surface area contributed by atoms with Crippen molar-refractivity contribution in [2.75, 3.05) is 18.0 Å². The lowest BCUT2D eigenvalue weighted by Gasteiger charge is -2.42. The number of rotatable bonds is 3. The zero-order chi connectivity index (χ0) is 17.4. The van der Waals surface area contributed by atoms with Crippen molar-refractivity contribution in [3.63, 3.8) is 0 Å². The van der Waals surface area contributed by atoms with Crippen LogP contribution >= 0.6 is 0 Å². The lowest BCUT2D eigenvalue weighted by Crippen LogP contribution is -2.53. The van der Waals surface area contributed by atoms with Crippen LogP contribution in [0.4, 0.5) is 11.4 Å². The van der Waals surface area contributed by atoms with E-state index < -0.39 is 0 Å². The molecule has 2 aliphatic heterocycles. The molecule has 4 rings (SSSR count). The summed E-state index contributed by atoms with van der Waals surface area (Å²) < 4.78 is 0.984. The highest BCUT2D eigenvalue weighted by Crippen LogP contribution is 2.39. The Bertz CT molecular complexity index is 853. The van der Waals surface area contributed by atoms with Gasteiger partial charge in [0.15, 0.2) is 0 Å². The van der Waals surface area contributed by atoms with Crippen LogP contribution in [0.25, 0.3) is 0 Å². The molecular formula is C20H22N4O. The van der Waals surface area contributed by atoms with E-state index in [9.17, 15) is 5.21 Å². The summed E-state index contributed by atoms with van der Waals surface area (Å²) in [4.78, 5) is 11.3. The summed E-state index contributed by atoms with van der Waals surface area (Å²) in [6.45, 7) is 6.09. The Morgan fingerprint density at radius 1 is 1.16 bits per heavy atom. The van der Waals surface area contributed by atoms with Gasteiger partial charge < -0.3 is 10.1 Å². The molecule has 25 heavy (non-hydrogen) atoms. The monoisotopic (exact) mass is 334 g/mol. The van der Waals surface area contributed by atoms with Crippen LogP contribution in [0, 0.1) is 10.6 Å². The second-order valence-corrected chi connectivity index (χ2v) is 6.81. The largest absolute Gasteiger partial charge is 0.618 e. The van der Waals surface area contributed by atoms with Crippen molar-refractivity contribution in [2.24, 2.45) is 10.4 Å². The van der Waals surface area contributed by atoms with Gasteiger partial charge in [0.25, 0.3) is 11.4 Å². The van der Waals surface area contributed by atoms with E-state index in [1.807, 2.05) is 36.4 Å². The molecule has 1 aromatic heterocycles. The molecule has 0 aliphatic carbocycles. The van der Waals surface area contributed by atoms with Gasteiger partial charge in [-0.05, 0) is 31.0 Å². The molecule has 0 spiro atoms. The molecule has 5 heteroatoms. The third-order valence-corrected chi connectivity index (χ3v) is 5.56. The summed E-state index contributed by atoms with van der Waals surface area (Å²) in [7, 11) is 0. The molecule has 3 heterocycles. The maximum Gasteiger partial charge on any atom is 0.267 e. The van der Waals surface area contributed by atoms with Crippen molar-refractivity contribution in [3.8, 4) is 0 Å². The first kappa shape index (κ1) is 15.8. The summed E-state index contributed by atoms with van der Waals surface area (Å²) in [6, 6.07) is 11.7. The highest BCUT2D eigenvalue weighted by molar-refractivity contribution is 6.51. The predicted molar refractivity (Wildman–Crippen MR) is 101 cm³/mol. The molecule has 0 radical (unpaired) electrons. The Morgan fingerprint density at radius 2 is 1.92 bits per heavy atom. The first-order valence-electron chi connectivity index (χ1n) is 8.85. The first-order valence-corrected chi connectivity index (χ1v) is 8.85.